The molecule has 1 aliphatic rings. The third-order valence-electron chi connectivity index (χ3n) is 2.03. The van der Waals surface area contributed by atoms with E-state index in [1.54, 1.807) is 0 Å². The molecular weight excluding hydrogens is 174 g/mol. The van der Waals surface area contributed by atoms with Crippen LogP contribution in [0.1, 0.15) is 12.8 Å². The highest BCUT2D eigenvalue weighted by atomic mass is 16.5. The molecule has 1 heterocycles. The fraction of sp³-hybridized carbons (Fsp3) is 0.750. The molecule has 1 amide bonds. The zero-order valence-electron chi connectivity index (χ0n) is 7.52. The van der Waals surface area contributed by atoms with Crippen molar-refractivity contribution in [3.8, 4) is 0 Å². The third kappa shape index (κ3) is 2.69. The first kappa shape index (κ1) is 9.98. The predicted molar refractivity (Wildman–Crippen MR) is 44.2 cm³/mol. The molecule has 1 unspecified atom stereocenters. The Hall–Kier alpha value is -1.10. The number of likely N-dealkylation sites (N-methyl/N-ethyl adjacent to an activating group) is 1. The number of amides is 1. The van der Waals surface area contributed by atoms with Crippen LogP contribution in [0.2, 0.25) is 0 Å². The van der Waals surface area contributed by atoms with Gasteiger partial charge in [0.15, 0.2) is 0 Å². The SMILES string of the molecule is CN(CC1CCCO1)C(=O)C(=O)O. The molecule has 0 spiro atoms. The molecule has 74 valence electrons. The van der Waals surface area contributed by atoms with Gasteiger partial charge in [-0.15, -0.1) is 0 Å². The molecule has 13 heavy (non-hydrogen) atoms. The molecule has 1 fully saturated rings. The van der Waals surface area contributed by atoms with Crippen LogP contribution in [-0.2, 0) is 14.3 Å². The Morgan fingerprint density at radius 2 is 2.31 bits per heavy atom. The molecule has 0 bridgehead atoms. The number of aliphatic carboxylic acids is 1. The summed E-state index contributed by atoms with van der Waals surface area (Å²) in [5.74, 6) is -2.30. The van der Waals surface area contributed by atoms with E-state index >= 15 is 0 Å². The lowest BCUT2D eigenvalue weighted by molar-refractivity contribution is -0.155. The second-order valence-electron chi connectivity index (χ2n) is 3.13. The maximum absolute atomic E-state index is 10.9. The van der Waals surface area contributed by atoms with Crippen LogP contribution in [-0.4, -0.2) is 48.2 Å². The number of ether oxygens (including phenoxy) is 1. The van der Waals surface area contributed by atoms with Crippen molar-refractivity contribution in [2.45, 2.75) is 18.9 Å². The molecule has 0 aromatic rings. The standard InChI is InChI=1S/C8H13NO4/c1-9(7(10)8(11)12)5-6-3-2-4-13-6/h6H,2-5H2,1H3,(H,11,12). The number of hydrogen-bond acceptors (Lipinski definition) is 3. The number of carbonyl (C=O) groups is 2. The van der Waals surface area contributed by atoms with Gasteiger partial charge >= 0.3 is 11.9 Å². The van der Waals surface area contributed by atoms with Gasteiger partial charge in [-0.3, -0.25) is 4.79 Å². The first-order valence-corrected chi connectivity index (χ1v) is 4.21. The molecule has 1 N–H and O–H groups in total. The van der Waals surface area contributed by atoms with E-state index in [0.717, 1.165) is 12.8 Å². The van der Waals surface area contributed by atoms with Crippen LogP contribution >= 0.6 is 0 Å². The monoisotopic (exact) mass is 187 g/mol. The van der Waals surface area contributed by atoms with Crippen LogP contribution in [0.4, 0.5) is 0 Å². The third-order valence-corrected chi connectivity index (χ3v) is 2.03. The van der Waals surface area contributed by atoms with Gasteiger partial charge in [0.1, 0.15) is 0 Å². The summed E-state index contributed by atoms with van der Waals surface area (Å²) in [5, 5.41) is 8.39. The fourth-order valence-corrected chi connectivity index (χ4v) is 1.34. The van der Waals surface area contributed by atoms with E-state index in [1.165, 1.54) is 11.9 Å². The van der Waals surface area contributed by atoms with E-state index in [4.69, 9.17) is 9.84 Å². The van der Waals surface area contributed by atoms with Crippen LogP contribution in [0.25, 0.3) is 0 Å². The lowest BCUT2D eigenvalue weighted by Crippen LogP contribution is -2.38. The Balaban J connectivity index is 2.35. The van der Waals surface area contributed by atoms with E-state index in [0.29, 0.717) is 13.2 Å². The van der Waals surface area contributed by atoms with Gasteiger partial charge in [-0.2, -0.15) is 0 Å². The smallest absolute Gasteiger partial charge is 0.394 e. The first-order valence-electron chi connectivity index (χ1n) is 4.21. The highest BCUT2D eigenvalue weighted by Gasteiger charge is 2.23. The van der Waals surface area contributed by atoms with Crippen LogP contribution < -0.4 is 0 Å². The Labute approximate surface area is 76.3 Å². The lowest BCUT2D eigenvalue weighted by Gasteiger charge is -2.18. The minimum atomic E-state index is -1.42. The summed E-state index contributed by atoms with van der Waals surface area (Å²) in [6, 6.07) is 0. The summed E-state index contributed by atoms with van der Waals surface area (Å²) >= 11 is 0. The quantitative estimate of drug-likeness (QED) is 0.603. The number of carbonyl (C=O) groups excluding carboxylic acids is 1. The van der Waals surface area contributed by atoms with Crippen molar-refractivity contribution in [3.63, 3.8) is 0 Å². The van der Waals surface area contributed by atoms with Crippen LogP contribution in [0.5, 0.6) is 0 Å². The van der Waals surface area contributed by atoms with E-state index in [1.807, 2.05) is 0 Å². The highest BCUT2D eigenvalue weighted by Crippen LogP contribution is 2.12. The fourth-order valence-electron chi connectivity index (χ4n) is 1.34. The van der Waals surface area contributed by atoms with Gasteiger partial charge in [-0.1, -0.05) is 0 Å². The largest absolute Gasteiger partial charge is 0.474 e. The second-order valence-corrected chi connectivity index (χ2v) is 3.13. The molecule has 1 saturated heterocycles. The van der Waals surface area contributed by atoms with Crippen molar-refractivity contribution >= 4 is 11.9 Å². The van der Waals surface area contributed by atoms with Crippen LogP contribution in [0.3, 0.4) is 0 Å². The number of carboxylic acids is 1. The Bertz CT molecular complexity index is 210. The van der Waals surface area contributed by atoms with Gasteiger partial charge in [-0.05, 0) is 12.8 Å². The Morgan fingerprint density at radius 1 is 1.62 bits per heavy atom. The van der Waals surface area contributed by atoms with E-state index in [2.05, 4.69) is 0 Å². The van der Waals surface area contributed by atoms with Crippen LogP contribution in [0, 0.1) is 0 Å². The molecule has 1 atom stereocenters. The van der Waals surface area contributed by atoms with Crippen molar-refractivity contribution in [2.75, 3.05) is 20.2 Å². The van der Waals surface area contributed by atoms with Gasteiger partial charge in [0, 0.05) is 20.2 Å². The minimum Gasteiger partial charge on any atom is -0.474 e. The van der Waals surface area contributed by atoms with Gasteiger partial charge in [0.05, 0.1) is 6.10 Å². The topological polar surface area (TPSA) is 66.8 Å². The lowest BCUT2D eigenvalue weighted by atomic mass is 10.2. The molecule has 0 saturated carbocycles. The van der Waals surface area contributed by atoms with Crippen molar-refractivity contribution in [1.29, 1.82) is 0 Å². The maximum Gasteiger partial charge on any atom is 0.394 e. The van der Waals surface area contributed by atoms with Gasteiger partial charge in [0.2, 0.25) is 0 Å². The summed E-state index contributed by atoms with van der Waals surface area (Å²) in [5.41, 5.74) is 0. The summed E-state index contributed by atoms with van der Waals surface area (Å²) < 4.78 is 5.27. The molecular formula is C8H13NO4. The molecule has 0 aromatic carbocycles. The van der Waals surface area contributed by atoms with Crippen molar-refractivity contribution in [3.05, 3.63) is 0 Å². The minimum absolute atomic E-state index is 0.00769. The zero-order valence-corrected chi connectivity index (χ0v) is 7.52. The molecule has 1 aliphatic heterocycles. The van der Waals surface area contributed by atoms with Gasteiger partial charge in [-0.25, -0.2) is 4.79 Å². The maximum atomic E-state index is 10.9. The number of carboxylic acid groups (broad SMARTS) is 1. The van der Waals surface area contributed by atoms with E-state index < -0.39 is 11.9 Å². The van der Waals surface area contributed by atoms with E-state index in [9.17, 15) is 9.59 Å². The number of nitrogens with zero attached hydrogens (tertiary/aromatic N) is 1. The van der Waals surface area contributed by atoms with Crippen molar-refractivity contribution in [2.24, 2.45) is 0 Å². The predicted octanol–water partition coefficient (Wildman–Crippen LogP) is -0.292. The summed E-state index contributed by atoms with van der Waals surface area (Å²) in [6.07, 6.45) is 1.89. The highest BCUT2D eigenvalue weighted by molar-refractivity contribution is 6.31. The number of rotatable bonds is 2. The first-order chi connectivity index (χ1) is 6.11. The molecule has 0 aromatic heterocycles. The molecule has 0 radical (unpaired) electrons. The normalized spacial score (nSPS) is 21.5. The molecule has 1 rings (SSSR count). The average molecular weight is 187 g/mol. The van der Waals surface area contributed by atoms with Crippen molar-refractivity contribution < 1.29 is 19.4 Å². The van der Waals surface area contributed by atoms with E-state index in [-0.39, 0.29) is 6.10 Å². The van der Waals surface area contributed by atoms with Gasteiger partial charge in [0.25, 0.3) is 0 Å². The molecule has 0 aliphatic carbocycles. The Morgan fingerprint density at radius 3 is 2.77 bits per heavy atom. The Kier molecular flexibility index (Phi) is 3.25. The zero-order chi connectivity index (χ0) is 9.84. The molecule has 5 nitrogen and oxygen atoms in total. The van der Waals surface area contributed by atoms with Crippen LogP contribution in [0.15, 0.2) is 0 Å². The van der Waals surface area contributed by atoms with Gasteiger partial charge < -0.3 is 14.7 Å². The second kappa shape index (κ2) is 4.23. The summed E-state index contributed by atoms with van der Waals surface area (Å²) in [7, 11) is 1.47. The average Bonchev–Trinajstić information content (AvgIpc) is 2.55. The molecule has 5 heteroatoms. The summed E-state index contributed by atoms with van der Waals surface area (Å²) in [4.78, 5) is 22.4. The van der Waals surface area contributed by atoms with Crippen molar-refractivity contribution in [1.82, 2.24) is 4.90 Å². The summed E-state index contributed by atoms with van der Waals surface area (Å²) in [6.45, 7) is 1.07. The number of hydrogen-bond donors (Lipinski definition) is 1.